The van der Waals surface area contributed by atoms with Gasteiger partial charge in [-0.25, -0.2) is 24.4 Å². The van der Waals surface area contributed by atoms with Crippen LogP contribution in [0.4, 0.5) is 11.6 Å². The molecule has 1 fully saturated rings. The van der Waals surface area contributed by atoms with Gasteiger partial charge in [0.25, 0.3) is 0 Å². The molecule has 25 heavy (non-hydrogen) atoms. The fourth-order valence-corrected chi connectivity index (χ4v) is 3.34. The number of nitrogens with two attached hydrogens (primary N) is 1. The Kier molecular flexibility index (Phi) is 3.93. The zero-order chi connectivity index (χ0) is 17.2. The maximum Gasteiger partial charge on any atom is 0.347 e. The SMILES string of the molecule is Nc1cc(N2CCC[C@H](c3n[nH]c(=O)n3-c3ccccc3)C2)ncn1. The zero-order valence-corrected chi connectivity index (χ0v) is 13.7. The van der Waals surface area contributed by atoms with Gasteiger partial charge in [-0.3, -0.25) is 0 Å². The minimum atomic E-state index is -0.218. The highest BCUT2D eigenvalue weighted by molar-refractivity contribution is 5.46. The molecule has 128 valence electrons. The number of nitrogen functional groups attached to an aromatic ring is 1. The van der Waals surface area contributed by atoms with E-state index in [1.165, 1.54) is 6.33 Å². The molecule has 0 bridgehead atoms. The van der Waals surface area contributed by atoms with E-state index >= 15 is 0 Å². The molecule has 3 N–H and O–H groups in total. The molecule has 0 unspecified atom stereocenters. The Morgan fingerprint density at radius 3 is 2.84 bits per heavy atom. The summed E-state index contributed by atoms with van der Waals surface area (Å²) in [6, 6.07) is 11.3. The Morgan fingerprint density at radius 2 is 2.04 bits per heavy atom. The van der Waals surface area contributed by atoms with E-state index in [2.05, 4.69) is 25.1 Å². The van der Waals surface area contributed by atoms with Crippen molar-refractivity contribution in [3.8, 4) is 5.69 Å². The van der Waals surface area contributed by atoms with Crippen molar-refractivity contribution in [1.82, 2.24) is 24.7 Å². The van der Waals surface area contributed by atoms with Crippen molar-refractivity contribution in [2.24, 2.45) is 0 Å². The van der Waals surface area contributed by atoms with Crippen molar-refractivity contribution >= 4 is 11.6 Å². The molecule has 8 nitrogen and oxygen atoms in total. The molecule has 1 aliphatic heterocycles. The van der Waals surface area contributed by atoms with Gasteiger partial charge in [0, 0.05) is 25.1 Å². The molecule has 1 aromatic carbocycles. The number of hydrogen-bond donors (Lipinski definition) is 2. The molecule has 4 rings (SSSR count). The molecule has 1 saturated heterocycles. The molecule has 1 aliphatic rings. The Hall–Kier alpha value is -3.16. The summed E-state index contributed by atoms with van der Waals surface area (Å²) in [5, 5.41) is 6.89. The molecule has 0 amide bonds. The predicted molar refractivity (Wildman–Crippen MR) is 94.8 cm³/mol. The highest BCUT2D eigenvalue weighted by Gasteiger charge is 2.27. The number of para-hydroxylation sites is 1. The van der Waals surface area contributed by atoms with Gasteiger partial charge in [-0.1, -0.05) is 18.2 Å². The molecular weight excluding hydrogens is 318 g/mol. The first kappa shape index (κ1) is 15.4. The van der Waals surface area contributed by atoms with E-state index in [0.717, 1.165) is 43.3 Å². The highest BCUT2D eigenvalue weighted by Crippen LogP contribution is 2.28. The van der Waals surface area contributed by atoms with E-state index in [-0.39, 0.29) is 11.6 Å². The second-order valence-electron chi connectivity index (χ2n) is 6.14. The summed E-state index contributed by atoms with van der Waals surface area (Å²) < 4.78 is 1.66. The van der Waals surface area contributed by atoms with Crippen LogP contribution in [0.5, 0.6) is 0 Å². The molecule has 3 aromatic rings. The van der Waals surface area contributed by atoms with E-state index in [1.54, 1.807) is 10.6 Å². The first-order valence-corrected chi connectivity index (χ1v) is 8.27. The van der Waals surface area contributed by atoms with Gasteiger partial charge in [-0.05, 0) is 25.0 Å². The van der Waals surface area contributed by atoms with Crippen molar-refractivity contribution < 1.29 is 0 Å². The van der Waals surface area contributed by atoms with Crippen molar-refractivity contribution in [1.29, 1.82) is 0 Å². The smallest absolute Gasteiger partial charge is 0.347 e. The Morgan fingerprint density at radius 1 is 1.20 bits per heavy atom. The fourth-order valence-electron chi connectivity index (χ4n) is 3.34. The van der Waals surface area contributed by atoms with E-state index in [9.17, 15) is 4.79 Å². The molecule has 0 saturated carbocycles. The summed E-state index contributed by atoms with van der Waals surface area (Å²) in [6.07, 6.45) is 3.43. The van der Waals surface area contributed by atoms with Crippen LogP contribution < -0.4 is 16.3 Å². The Labute approximate surface area is 144 Å². The summed E-state index contributed by atoms with van der Waals surface area (Å²) >= 11 is 0. The second-order valence-corrected chi connectivity index (χ2v) is 6.14. The number of H-pyrrole nitrogens is 1. The third-order valence-electron chi connectivity index (χ3n) is 4.50. The largest absolute Gasteiger partial charge is 0.384 e. The lowest BCUT2D eigenvalue weighted by atomic mass is 9.97. The number of nitrogens with zero attached hydrogens (tertiary/aromatic N) is 5. The van der Waals surface area contributed by atoms with E-state index < -0.39 is 0 Å². The van der Waals surface area contributed by atoms with Crippen LogP contribution in [-0.2, 0) is 0 Å². The minimum absolute atomic E-state index is 0.129. The number of rotatable bonds is 3. The molecule has 2 aromatic heterocycles. The van der Waals surface area contributed by atoms with Crippen LogP contribution in [0.2, 0.25) is 0 Å². The van der Waals surface area contributed by atoms with Gasteiger partial charge in [-0.2, -0.15) is 5.10 Å². The summed E-state index contributed by atoms with van der Waals surface area (Å²) in [5.74, 6) is 2.14. The normalized spacial score (nSPS) is 17.6. The fraction of sp³-hybridized carbons (Fsp3) is 0.294. The molecule has 0 spiro atoms. The van der Waals surface area contributed by atoms with Crippen molar-refractivity contribution in [3.63, 3.8) is 0 Å². The summed E-state index contributed by atoms with van der Waals surface area (Å²) in [6.45, 7) is 1.63. The zero-order valence-electron chi connectivity index (χ0n) is 13.7. The first-order valence-electron chi connectivity index (χ1n) is 8.27. The Balaban J connectivity index is 1.66. The van der Waals surface area contributed by atoms with Crippen molar-refractivity contribution in [2.45, 2.75) is 18.8 Å². The van der Waals surface area contributed by atoms with Gasteiger partial charge in [-0.15, -0.1) is 0 Å². The number of aromatic nitrogens is 5. The lowest BCUT2D eigenvalue weighted by Gasteiger charge is -2.33. The second kappa shape index (κ2) is 6.39. The van der Waals surface area contributed by atoms with Crippen LogP contribution in [0.15, 0.2) is 47.5 Å². The number of aromatic amines is 1. The van der Waals surface area contributed by atoms with Crippen molar-refractivity contribution in [2.75, 3.05) is 23.7 Å². The highest BCUT2D eigenvalue weighted by atomic mass is 16.1. The van der Waals surface area contributed by atoms with Gasteiger partial charge >= 0.3 is 5.69 Å². The lowest BCUT2D eigenvalue weighted by molar-refractivity contribution is 0.482. The van der Waals surface area contributed by atoms with E-state index in [1.807, 2.05) is 30.3 Å². The topological polar surface area (TPSA) is 106 Å². The van der Waals surface area contributed by atoms with E-state index in [4.69, 9.17) is 5.73 Å². The Bertz CT molecular complexity index is 918. The van der Waals surface area contributed by atoms with Gasteiger partial charge in [0.15, 0.2) is 0 Å². The van der Waals surface area contributed by atoms with Gasteiger partial charge in [0.05, 0.1) is 5.69 Å². The average molecular weight is 337 g/mol. The number of nitrogens with one attached hydrogen (secondary N) is 1. The molecule has 3 heterocycles. The monoisotopic (exact) mass is 337 g/mol. The van der Waals surface area contributed by atoms with Crippen LogP contribution in [0.25, 0.3) is 5.69 Å². The average Bonchev–Trinajstić information content (AvgIpc) is 3.04. The van der Waals surface area contributed by atoms with Gasteiger partial charge in [0.1, 0.15) is 23.8 Å². The molecule has 0 radical (unpaired) electrons. The van der Waals surface area contributed by atoms with E-state index in [0.29, 0.717) is 5.82 Å². The van der Waals surface area contributed by atoms with Crippen LogP contribution in [-0.4, -0.2) is 37.8 Å². The van der Waals surface area contributed by atoms with Gasteiger partial charge in [0.2, 0.25) is 0 Å². The number of hydrogen-bond acceptors (Lipinski definition) is 6. The third kappa shape index (κ3) is 2.98. The summed E-state index contributed by atoms with van der Waals surface area (Å²) in [7, 11) is 0. The molecule has 0 aliphatic carbocycles. The van der Waals surface area contributed by atoms with Crippen LogP contribution in [0.3, 0.4) is 0 Å². The minimum Gasteiger partial charge on any atom is -0.384 e. The maximum absolute atomic E-state index is 12.3. The first-order chi connectivity index (χ1) is 12.2. The van der Waals surface area contributed by atoms with Crippen LogP contribution >= 0.6 is 0 Å². The van der Waals surface area contributed by atoms with Crippen LogP contribution in [0.1, 0.15) is 24.6 Å². The predicted octanol–water partition coefficient (Wildman–Crippen LogP) is 1.32. The molecule has 1 atom stereocenters. The van der Waals surface area contributed by atoms with Crippen LogP contribution in [0, 0.1) is 0 Å². The number of piperidine rings is 1. The van der Waals surface area contributed by atoms with Crippen molar-refractivity contribution in [3.05, 3.63) is 59.0 Å². The maximum atomic E-state index is 12.3. The molecular formula is C17H19N7O. The standard InChI is InChI=1S/C17H19N7O/c18-14-9-15(20-11-19-14)23-8-4-5-12(10-23)16-21-22-17(25)24(16)13-6-2-1-3-7-13/h1-3,6-7,9,11-12H,4-5,8,10H2,(H,22,25)(H2,18,19,20)/t12-/m0/s1. The van der Waals surface area contributed by atoms with Gasteiger partial charge < -0.3 is 10.6 Å². The third-order valence-corrected chi connectivity index (χ3v) is 4.50. The summed E-state index contributed by atoms with van der Waals surface area (Å²) in [4.78, 5) is 22.7. The molecule has 8 heteroatoms. The quantitative estimate of drug-likeness (QED) is 0.746. The lowest BCUT2D eigenvalue weighted by Crippen LogP contribution is -2.36. The summed E-state index contributed by atoms with van der Waals surface area (Å²) in [5.41, 5.74) is 6.38. The number of benzene rings is 1. The number of anilines is 2.